The summed E-state index contributed by atoms with van der Waals surface area (Å²) in [5.41, 5.74) is 5.05. The minimum absolute atomic E-state index is 0.152. The van der Waals surface area contributed by atoms with E-state index >= 15 is 0 Å². The minimum Gasteiger partial charge on any atom is -0.324 e. The highest BCUT2D eigenvalue weighted by atomic mass is 19.1. The normalized spacial score (nSPS) is 11.9. The quantitative estimate of drug-likeness (QED) is 0.619. The molecular formula is C11H14FN3O3. The van der Waals surface area contributed by atoms with Gasteiger partial charge in [0.2, 0.25) is 11.7 Å². The van der Waals surface area contributed by atoms with E-state index in [0.717, 1.165) is 18.6 Å². The molecule has 6 nitrogen and oxygen atoms in total. The summed E-state index contributed by atoms with van der Waals surface area (Å²) in [5.74, 6) is -1.39. The van der Waals surface area contributed by atoms with E-state index in [-0.39, 0.29) is 5.69 Å². The Labute approximate surface area is 103 Å². The van der Waals surface area contributed by atoms with Crippen molar-refractivity contribution in [3.63, 3.8) is 0 Å². The van der Waals surface area contributed by atoms with E-state index in [1.54, 1.807) is 0 Å². The highest BCUT2D eigenvalue weighted by Crippen LogP contribution is 2.21. The third-order valence-electron chi connectivity index (χ3n) is 2.35. The van der Waals surface area contributed by atoms with Crippen LogP contribution in [0.1, 0.15) is 19.8 Å². The average Bonchev–Trinajstić information content (AvgIpc) is 2.31. The molecule has 1 rings (SSSR count). The van der Waals surface area contributed by atoms with Gasteiger partial charge in [-0.15, -0.1) is 0 Å². The number of nitrogens with zero attached hydrogens (tertiary/aromatic N) is 1. The zero-order valence-corrected chi connectivity index (χ0v) is 9.85. The van der Waals surface area contributed by atoms with Gasteiger partial charge < -0.3 is 11.1 Å². The van der Waals surface area contributed by atoms with Crippen LogP contribution in [0.4, 0.5) is 15.8 Å². The van der Waals surface area contributed by atoms with E-state index in [4.69, 9.17) is 5.73 Å². The molecule has 0 radical (unpaired) electrons. The number of amides is 1. The zero-order valence-electron chi connectivity index (χ0n) is 9.85. The number of carbonyl (C=O) groups is 1. The molecule has 18 heavy (non-hydrogen) atoms. The Kier molecular flexibility index (Phi) is 4.73. The number of hydrogen-bond donors (Lipinski definition) is 2. The first-order chi connectivity index (χ1) is 8.45. The van der Waals surface area contributed by atoms with E-state index in [2.05, 4.69) is 5.32 Å². The summed E-state index contributed by atoms with van der Waals surface area (Å²) < 4.78 is 13.1. The Hall–Kier alpha value is -2.02. The lowest BCUT2D eigenvalue weighted by Gasteiger charge is -2.11. The molecule has 1 amide bonds. The molecule has 0 aliphatic rings. The average molecular weight is 255 g/mol. The number of nitro benzene ring substituents is 1. The van der Waals surface area contributed by atoms with Crippen LogP contribution in [0.3, 0.4) is 0 Å². The second-order valence-electron chi connectivity index (χ2n) is 3.81. The highest BCUT2D eigenvalue weighted by Gasteiger charge is 2.17. The van der Waals surface area contributed by atoms with Gasteiger partial charge >= 0.3 is 5.69 Å². The molecule has 0 spiro atoms. The summed E-state index contributed by atoms with van der Waals surface area (Å²) in [4.78, 5) is 21.2. The molecule has 7 heteroatoms. The molecule has 0 heterocycles. The highest BCUT2D eigenvalue weighted by molar-refractivity contribution is 5.94. The van der Waals surface area contributed by atoms with Crippen LogP contribution in [-0.2, 0) is 4.79 Å². The lowest BCUT2D eigenvalue weighted by atomic mass is 10.1. The molecule has 3 N–H and O–H groups in total. The van der Waals surface area contributed by atoms with Crippen LogP contribution in [0.15, 0.2) is 18.2 Å². The number of nitrogens with one attached hydrogen (secondary N) is 1. The molecule has 0 aromatic heterocycles. The number of halogens is 1. The van der Waals surface area contributed by atoms with Crippen molar-refractivity contribution in [2.45, 2.75) is 25.8 Å². The Bertz CT molecular complexity index is 465. The van der Waals surface area contributed by atoms with Gasteiger partial charge in [0.05, 0.1) is 11.0 Å². The Morgan fingerprint density at radius 1 is 1.61 bits per heavy atom. The molecular weight excluding hydrogens is 241 g/mol. The third kappa shape index (κ3) is 3.49. The lowest BCUT2D eigenvalue weighted by Crippen LogP contribution is -2.35. The second-order valence-corrected chi connectivity index (χ2v) is 3.81. The van der Waals surface area contributed by atoms with Crippen LogP contribution >= 0.6 is 0 Å². The van der Waals surface area contributed by atoms with Gasteiger partial charge in [-0.25, -0.2) is 0 Å². The van der Waals surface area contributed by atoms with Crippen molar-refractivity contribution in [1.82, 2.24) is 0 Å². The van der Waals surface area contributed by atoms with E-state index in [0.29, 0.717) is 6.42 Å². The van der Waals surface area contributed by atoms with Crippen LogP contribution < -0.4 is 11.1 Å². The Morgan fingerprint density at radius 3 is 2.83 bits per heavy atom. The van der Waals surface area contributed by atoms with Crippen LogP contribution in [0.25, 0.3) is 0 Å². The Morgan fingerprint density at radius 2 is 2.28 bits per heavy atom. The molecule has 0 saturated carbocycles. The molecule has 1 unspecified atom stereocenters. The fourth-order valence-corrected chi connectivity index (χ4v) is 1.41. The number of benzene rings is 1. The maximum absolute atomic E-state index is 13.1. The predicted octanol–water partition coefficient (Wildman–Crippen LogP) is 1.80. The molecule has 0 saturated heterocycles. The second kappa shape index (κ2) is 6.06. The maximum atomic E-state index is 13.1. The van der Waals surface area contributed by atoms with Crippen LogP contribution in [-0.4, -0.2) is 16.9 Å². The lowest BCUT2D eigenvalue weighted by molar-refractivity contribution is -0.387. The molecule has 1 atom stereocenters. The van der Waals surface area contributed by atoms with Crippen molar-refractivity contribution < 1.29 is 14.1 Å². The van der Waals surface area contributed by atoms with Gasteiger partial charge in [0.15, 0.2) is 0 Å². The minimum atomic E-state index is -0.948. The first-order valence-corrected chi connectivity index (χ1v) is 5.46. The van der Waals surface area contributed by atoms with Crippen LogP contribution in [0.2, 0.25) is 0 Å². The maximum Gasteiger partial charge on any atom is 0.306 e. The van der Waals surface area contributed by atoms with Crippen LogP contribution in [0, 0.1) is 15.9 Å². The first-order valence-electron chi connectivity index (χ1n) is 5.46. The summed E-state index contributed by atoms with van der Waals surface area (Å²) in [6, 6.07) is 2.46. The number of anilines is 1. The SMILES string of the molecule is CCCC(N)C(=O)Nc1ccc(F)c([N+](=O)[O-])c1. The first kappa shape index (κ1) is 14.0. The van der Waals surface area contributed by atoms with Crippen molar-refractivity contribution in [2.75, 3.05) is 5.32 Å². The standard InChI is InChI=1S/C11H14FN3O3/c1-2-3-9(13)11(16)14-7-4-5-8(12)10(6-7)15(17)18/h4-6,9H,2-3,13H2,1H3,(H,14,16). The van der Waals surface area contributed by atoms with E-state index in [9.17, 15) is 19.3 Å². The van der Waals surface area contributed by atoms with Gasteiger partial charge in [-0.05, 0) is 18.6 Å². The largest absolute Gasteiger partial charge is 0.324 e. The van der Waals surface area contributed by atoms with Gasteiger partial charge in [-0.1, -0.05) is 13.3 Å². The third-order valence-corrected chi connectivity index (χ3v) is 2.35. The number of rotatable bonds is 5. The van der Waals surface area contributed by atoms with E-state index in [1.165, 1.54) is 6.07 Å². The molecule has 1 aromatic carbocycles. The van der Waals surface area contributed by atoms with Crippen molar-refractivity contribution in [3.8, 4) is 0 Å². The fourth-order valence-electron chi connectivity index (χ4n) is 1.41. The number of nitrogens with two attached hydrogens (primary N) is 1. The zero-order chi connectivity index (χ0) is 13.7. The van der Waals surface area contributed by atoms with Crippen molar-refractivity contribution in [3.05, 3.63) is 34.1 Å². The summed E-state index contributed by atoms with van der Waals surface area (Å²) >= 11 is 0. The molecule has 0 fully saturated rings. The van der Waals surface area contributed by atoms with E-state index < -0.39 is 28.4 Å². The van der Waals surface area contributed by atoms with Crippen LogP contribution in [0.5, 0.6) is 0 Å². The topological polar surface area (TPSA) is 98.3 Å². The molecule has 0 bridgehead atoms. The van der Waals surface area contributed by atoms with Gasteiger partial charge in [-0.2, -0.15) is 4.39 Å². The molecule has 0 aliphatic heterocycles. The summed E-state index contributed by atoms with van der Waals surface area (Å²) in [6.45, 7) is 1.88. The van der Waals surface area contributed by atoms with Gasteiger partial charge in [0.25, 0.3) is 0 Å². The Balaban J connectivity index is 2.82. The number of carbonyl (C=O) groups excluding carboxylic acids is 1. The molecule has 1 aromatic rings. The summed E-state index contributed by atoms with van der Waals surface area (Å²) in [5, 5.41) is 12.9. The number of hydrogen-bond acceptors (Lipinski definition) is 4. The number of nitro groups is 1. The fraction of sp³-hybridized carbons (Fsp3) is 0.364. The monoisotopic (exact) mass is 255 g/mol. The van der Waals surface area contributed by atoms with Gasteiger partial charge in [-0.3, -0.25) is 14.9 Å². The summed E-state index contributed by atoms with van der Waals surface area (Å²) in [6.07, 6.45) is 1.26. The molecule has 0 aliphatic carbocycles. The van der Waals surface area contributed by atoms with Gasteiger partial charge in [0.1, 0.15) is 0 Å². The van der Waals surface area contributed by atoms with Gasteiger partial charge in [0, 0.05) is 11.8 Å². The molecule has 98 valence electrons. The smallest absolute Gasteiger partial charge is 0.306 e. The predicted molar refractivity (Wildman–Crippen MR) is 64.6 cm³/mol. The van der Waals surface area contributed by atoms with Crippen molar-refractivity contribution in [2.24, 2.45) is 5.73 Å². The van der Waals surface area contributed by atoms with Crippen molar-refractivity contribution >= 4 is 17.3 Å². The van der Waals surface area contributed by atoms with Crippen molar-refractivity contribution in [1.29, 1.82) is 0 Å². The van der Waals surface area contributed by atoms with E-state index in [1.807, 2.05) is 6.92 Å². The summed E-state index contributed by atoms with van der Waals surface area (Å²) in [7, 11) is 0.